The smallest absolute Gasteiger partial charge is 0.261 e. The van der Waals surface area contributed by atoms with Crippen molar-refractivity contribution in [1.29, 1.82) is 0 Å². The Kier molecular flexibility index (Phi) is 10.7. The molecule has 0 saturated carbocycles. The summed E-state index contributed by atoms with van der Waals surface area (Å²) in [5.41, 5.74) is 2.37. The molecule has 0 radical (unpaired) electrons. The van der Waals surface area contributed by atoms with Crippen LogP contribution in [-0.4, -0.2) is 35.4 Å². The SMILES string of the molecule is CCc1ccc(OCC(=O)N(Cc2ccccc2F)[C@H](Cc2ccccc2)C(=O)N[C@@H](C)CC)c(Br)c1. The third-order valence-corrected chi connectivity index (χ3v) is 6.95. The Morgan fingerprint density at radius 2 is 1.70 bits per heavy atom. The van der Waals surface area contributed by atoms with Crippen molar-refractivity contribution in [3.63, 3.8) is 0 Å². The first kappa shape index (κ1) is 28.4. The van der Waals surface area contributed by atoms with Crippen molar-refractivity contribution in [1.82, 2.24) is 10.2 Å². The highest BCUT2D eigenvalue weighted by Crippen LogP contribution is 2.26. The van der Waals surface area contributed by atoms with Crippen LogP contribution in [0.2, 0.25) is 0 Å². The molecule has 0 aromatic heterocycles. The largest absolute Gasteiger partial charge is 0.483 e. The van der Waals surface area contributed by atoms with E-state index in [4.69, 9.17) is 4.74 Å². The molecule has 0 bridgehead atoms. The van der Waals surface area contributed by atoms with Crippen LogP contribution in [0.3, 0.4) is 0 Å². The van der Waals surface area contributed by atoms with E-state index < -0.39 is 17.8 Å². The molecule has 0 spiro atoms. The summed E-state index contributed by atoms with van der Waals surface area (Å²) < 4.78 is 21.3. The van der Waals surface area contributed by atoms with Crippen molar-refractivity contribution in [3.8, 4) is 5.75 Å². The van der Waals surface area contributed by atoms with Crippen LogP contribution in [-0.2, 0) is 29.0 Å². The number of ether oxygens (including phenoxy) is 1. The van der Waals surface area contributed by atoms with Gasteiger partial charge in [-0.15, -0.1) is 0 Å². The molecule has 3 rings (SSSR count). The van der Waals surface area contributed by atoms with Crippen LogP contribution in [0.25, 0.3) is 0 Å². The second-order valence-corrected chi connectivity index (χ2v) is 9.90. The lowest BCUT2D eigenvalue weighted by atomic mass is 10.0. The lowest BCUT2D eigenvalue weighted by Crippen LogP contribution is -2.53. The molecule has 2 amide bonds. The van der Waals surface area contributed by atoms with E-state index in [1.54, 1.807) is 18.2 Å². The maximum absolute atomic E-state index is 14.7. The van der Waals surface area contributed by atoms with E-state index in [-0.39, 0.29) is 31.5 Å². The summed E-state index contributed by atoms with van der Waals surface area (Å²) in [5.74, 6) is -0.591. The molecular weight excluding hydrogens is 535 g/mol. The number of hydrogen-bond donors (Lipinski definition) is 1. The van der Waals surface area contributed by atoms with Crippen LogP contribution in [0.15, 0.2) is 77.3 Å². The molecular formula is C30H34BrFN2O3. The third-order valence-electron chi connectivity index (χ3n) is 6.33. The minimum absolute atomic E-state index is 0.0593. The van der Waals surface area contributed by atoms with Gasteiger partial charge in [-0.3, -0.25) is 9.59 Å². The van der Waals surface area contributed by atoms with Crippen LogP contribution in [0.4, 0.5) is 4.39 Å². The van der Waals surface area contributed by atoms with Crippen molar-refractivity contribution in [2.24, 2.45) is 0 Å². The zero-order chi connectivity index (χ0) is 26.8. The minimum atomic E-state index is -0.849. The molecule has 5 nitrogen and oxygen atoms in total. The molecule has 1 N–H and O–H groups in total. The number of halogens is 2. The summed E-state index contributed by atoms with van der Waals surface area (Å²) in [7, 11) is 0. The standard InChI is InChI=1S/C30H34BrFN2O3/c1-4-21(3)33-30(36)27(18-23-11-7-6-8-12-23)34(19-24-13-9-10-14-26(24)32)29(35)20-37-28-16-15-22(5-2)17-25(28)31/h6-17,21,27H,4-5,18-20H2,1-3H3,(H,33,36)/t21-,27+/m0/s1. The fraction of sp³-hybridized carbons (Fsp3) is 0.333. The average molecular weight is 570 g/mol. The highest BCUT2D eigenvalue weighted by atomic mass is 79.9. The topological polar surface area (TPSA) is 58.6 Å². The zero-order valence-corrected chi connectivity index (χ0v) is 23.1. The summed E-state index contributed by atoms with van der Waals surface area (Å²) >= 11 is 3.51. The Balaban J connectivity index is 1.93. The van der Waals surface area contributed by atoms with E-state index in [0.29, 0.717) is 11.3 Å². The lowest BCUT2D eigenvalue weighted by Gasteiger charge is -2.32. The van der Waals surface area contributed by atoms with Gasteiger partial charge in [-0.2, -0.15) is 0 Å². The summed E-state index contributed by atoms with van der Waals surface area (Å²) in [5, 5.41) is 3.01. The van der Waals surface area contributed by atoms with Gasteiger partial charge in [-0.05, 0) is 65.0 Å². The molecule has 3 aromatic carbocycles. The normalized spacial score (nSPS) is 12.5. The van der Waals surface area contributed by atoms with Gasteiger partial charge in [0.25, 0.3) is 5.91 Å². The van der Waals surface area contributed by atoms with Gasteiger partial charge in [-0.1, -0.05) is 68.4 Å². The second-order valence-electron chi connectivity index (χ2n) is 9.04. The maximum Gasteiger partial charge on any atom is 0.261 e. The fourth-order valence-corrected chi connectivity index (χ4v) is 4.45. The van der Waals surface area contributed by atoms with Gasteiger partial charge < -0.3 is 15.0 Å². The Morgan fingerprint density at radius 3 is 2.35 bits per heavy atom. The molecule has 0 aliphatic rings. The van der Waals surface area contributed by atoms with Gasteiger partial charge in [0.05, 0.1) is 4.47 Å². The number of nitrogens with one attached hydrogen (secondary N) is 1. The van der Waals surface area contributed by atoms with Crippen molar-refractivity contribution < 1.29 is 18.7 Å². The van der Waals surface area contributed by atoms with Crippen LogP contribution < -0.4 is 10.1 Å². The summed E-state index contributed by atoms with van der Waals surface area (Å²) in [6.45, 7) is 5.61. The van der Waals surface area contributed by atoms with Crippen molar-refractivity contribution in [2.75, 3.05) is 6.61 Å². The quantitative estimate of drug-likeness (QED) is 0.288. The van der Waals surface area contributed by atoms with Crippen LogP contribution >= 0.6 is 15.9 Å². The number of hydrogen-bond acceptors (Lipinski definition) is 3. The number of amides is 2. The summed E-state index contributed by atoms with van der Waals surface area (Å²) in [4.78, 5) is 28.6. The number of rotatable bonds is 12. The lowest BCUT2D eigenvalue weighted by molar-refractivity contribution is -0.143. The molecule has 0 aliphatic carbocycles. The van der Waals surface area contributed by atoms with Crippen LogP contribution in [0.5, 0.6) is 5.75 Å². The first-order valence-electron chi connectivity index (χ1n) is 12.6. The number of carbonyl (C=O) groups excluding carboxylic acids is 2. The summed E-state index contributed by atoms with van der Waals surface area (Å²) in [6, 6.07) is 20.6. The molecule has 0 heterocycles. The highest BCUT2D eigenvalue weighted by Gasteiger charge is 2.31. The molecule has 7 heteroatoms. The molecule has 37 heavy (non-hydrogen) atoms. The van der Waals surface area contributed by atoms with Crippen LogP contribution in [0, 0.1) is 5.82 Å². The third kappa shape index (κ3) is 8.15. The molecule has 0 unspecified atom stereocenters. The van der Waals surface area contributed by atoms with E-state index in [0.717, 1.165) is 28.4 Å². The molecule has 3 aromatic rings. The molecule has 0 aliphatic heterocycles. The van der Waals surface area contributed by atoms with Crippen molar-refractivity contribution in [2.45, 2.75) is 58.7 Å². The van der Waals surface area contributed by atoms with E-state index in [2.05, 4.69) is 28.2 Å². The van der Waals surface area contributed by atoms with Gasteiger partial charge in [0.1, 0.15) is 17.6 Å². The molecule has 196 valence electrons. The number of benzene rings is 3. The fourth-order valence-electron chi connectivity index (χ4n) is 3.91. The highest BCUT2D eigenvalue weighted by molar-refractivity contribution is 9.10. The monoisotopic (exact) mass is 568 g/mol. The first-order valence-corrected chi connectivity index (χ1v) is 13.4. The van der Waals surface area contributed by atoms with Gasteiger partial charge in [0.15, 0.2) is 6.61 Å². The number of aryl methyl sites for hydroxylation is 1. The Morgan fingerprint density at radius 1 is 1.00 bits per heavy atom. The molecule has 0 fully saturated rings. The first-order chi connectivity index (χ1) is 17.8. The molecule has 0 saturated heterocycles. The Labute approximate surface area is 227 Å². The zero-order valence-electron chi connectivity index (χ0n) is 21.5. The molecule has 2 atom stereocenters. The minimum Gasteiger partial charge on any atom is -0.483 e. The predicted molar refractivity (Wildman–Crippen MR) is 148 cm³/mol. The van der Waals surface area contributed by atoms with Crippen molar-refractivity contribution in [3.05, 3.63) is 99.8 Å². The maximum atomic E-state index is 14.7. The predicted octanol–water partition coefficient (Wildman–Crippen LogP) is 6.08. The number of carbonyl (C=O) groups is 2. The summed E-state index contributed by atoms with van der Waals surface area (Å²) in [6.07, 6.45) is 1.91. The second kappa shape index (κ2) is 13.9. The van der Waals surface area contributed by atoms with E-state index in [1.165, 1.54) is 11.0 Å². The van der Waals surface area contributed by atoms with Gasteiger partial charge >= 0.3 is 0 Å². The van der Waals surface area contributed by atoms with Crippen LogP contribution in [0.1, 0.15) is 43.9 Å². The van der Waals surface area contributed by atoms with Gasteiger partial charge in [-0.25, -0.2) is 4.39 Å². The number of nitrogens with zero attached hydrogens (tertiary/aromatic N) is 1. The average Bonchev–Trinajstić information content (AvgIpc) is 2.91. The van der Waals surface area contributed by atoms with Gasteiger partial charge in [0, 0.05) is 24.6 Å². The van der Waals surface area contributed by atoms with Crippen molar-refractivity contribution >= 4 is 27.7 Å². The Bertz CT molecular complexity index is 1190. The van der Waals surface area contributed by atoms with Gasteiger partial charge in [0.2, 0.25) is 5.91 Å². The van der Waals surface area contributed by atoms with E-state index in [9.17, 15) is 14.0 Å². The Hall–Kier alpha value is -3.19. The van der Waals surface area contributed by atoms with E-state index in [1.807, 2.05) is 62.4 Å². The van der Waals surface area contributed by atoms with E-state index >= 15 is 0 Å².